The van der Waals surface area contributed by atoms with Crippen molar-refractivity contribution < 1.29 is 14.2 Å². The van der Waals surface area contributed by atoms with Crippen LogP contribution in [0.25, 0.3) is 0 Å². The van der Waals surface area contributed by atoms with Gasteiger partial charge in [-0.05, 0) is 30.2 Å². The van der Waals surface area contributed by atoms with Crippen LogP contribution in [-0.2, 0) is 6.54 Å². The first-order valence-corrected chi connectivity index (χ1v) is 8.26. The van der Waals surface area contributed by atoms with Crippen LogP contribution in [0.5, 0.6) is 11.6 Å². The summed E-state index contributed by atoms with van der Waals surface area (Å²) >= 11 is 1.33. The van der Waals surface area contributed by atoms with Crippen molar-refractivity contribution in [3.05, 3.63) is 46.5 Å². The fourth-order valence-electron chi connectivity index (χ4n) is 1.94. The molecule has 0 saturated carbocycles. The summed E-state index contributed by atoms with van der Waals surface area (Å²) in [7, 11) is 0. The number of benzene rings is 1. The highest BCUT2D eigenvalue weighted by molar-refractivity contribution is 7.99. The molecule has 0 aliphatic heterocycles. The minimum absolute atomic E-state index is 0.270. The molecule has 0 bridgehead atoms. The molecular formula is C16H19FN2O3S. The predicted molar refractivity (Wildman–Crippen MR) is 87.6 cm³/mol. The van der Waals surface area contributed by atoms with E-state index in [0.717, 1.165) is 6.07 Å². The van der Waals surface area contributed by atoms with Gasteiger partial charge in [0.25, 0.3) is 5.56 Å². The number of aromatic hydroxyl groups is 1. The third kappa shape index (κ3) is 5.28. The molecule has 0 radical (unpaired) electrons. The minimum Gasteiger partial charge on any atom is -0.493 e. The summed E-state index contributed by atoms with van der Waals surface area (Å²) in [5, 5.41) is 9.97. The molecule has 0 aliphatic rings. The standard InChI is InChI=1S/C16H19FN2O3S/c1-11(2)10-19-15(21)9-14(20)18-16(19)23-8-7-22-13-5-3-12(17)4-6-13/h3-6,9,11,20H,7-8,10H2,1-2H3. The maximum Gasteiger partial charge on any atom is 0.257 e. The number of rotatable bonds is 7. The first-order valence-electron chi connectivity index (χ1n) is 7.27. The Morgan fingerprint density at radius 1 is 1.35 bits per heavy atom. The van der Waals surface area contributed by atoms with E-state index < -0.39 is 0 Å². The van der Waals surface area contributed by atoms with E-state index in [-0.39, 0.29) is 23.2 Å². The van der Waals surface area contributed by atoms with Gasteiger partial charge in [0.05, 0.1) is 12.7 Å². The van der Waals surface area contributed by atoms with Gasteiger partial charge in [-0.3, -0.25) is 9.36 Å². The first kappa shape index (κ1) is 17.3. The summed E-state index contributed by atoms with van der Waals surface area (Å²) in [5.74, 6) is 0.820. The zero-order valence-corrected chi connectivity index (χ0v) is 13.8. The topological polar surface area (TPSA) is 64.3 Å². The van der Waals surface area contributed by atoms with Crippen LogP contribution < -0.4 is 10.3 Å². The second-order valence-corrected chi connectivity index (χ2v) is 6.45. The van der Waals surface area contributed by atoms with Gasteiger partial charge >= 0.3 is 0 Å². The Bertz CT molecular complexity index is 701. The van der Waals surface area contributed by atoms with Crippen LogP contribution in [0.15, 0.2) is 40.3 Å². The zero-order valence-electron chi connectivity index (χ0n) is 13.0. The Balaban J connectivity index is 1.96. The van der Waals surface area contributed by atoms with Gasteiger partial charge in [-0.25, -0.2) is 4.39 Å². The molecule has 124 valence electrons. The molecule has 0 fully saturated rings. The summed E-state index contributed by atoms with van der Waals surface area (Å²) in [6, 6.07) is 6.89. The molecule has 1 heterocycles. The Kier molecular flexibility index (Phi) is 6.04. The Hall–Kier alpha value is -2.02. The smallest absolute Gasteiger partial charge is 0.257 e. The summed E-state index contributed by atoms with van der Waals surface area (Å²) in [5.41, 5.74) is -0.270. The van der Waals surface area contributed by atoms with Crippen molar-refractivity contribution in [3.8, 4) is 11.6 Å². The second kappa shape index (κ2) is 8.01. The molecule has 0 unspecified atom stereocenters. The second-order valence-electron chi connectivity index (χ2n) is 5.39. The Labute approximate surface area is 138 Å². The van der Waals surface area contributed by atoms with Crippen LogP contribution in [0.4, 0.5) is 4.39 Å². The molecule has 0 atom stereocenters. The van der Waals surface area contributed by atoms with Crippen LogP contribution in [0.1, 0.15) is 13.8 Å². The molecule has 23 heavy (non-hydrogen) atoms. The maximum atomic E-state index is 12.8. The minimum atomic E-state index is -0.312. The maximum absolute atomic E-state index is 12.8. The highest BCUT2D eigenvalue weighted by atomic mass is 32.2. The van der Waals surface area contributed by atoms with E-state index in [4.69, 9.17) is 4.74 Å². The molecule has 0 spiro atoms. The fraction of sp³-hybridized carbons (Fsp3) is 0.375. The van der Waals surface area contributed by atoms with Gasteiger partial charge in [-0.15, -0.1) is 0 Å². The van der Waals surface area contributed by atoms with Crippen molar-refractivity contribution in [1.29, 1.82) is 0 Å². The summed E-state index contributed by atoms with van der Waals surface area (Å²) < 4.78 is 19.8. The van der Waals surface area contributed by atoms with E-state index >= 15 is 0 Å². The third-order valence-corrected chi connectivity index (χ3v) is 3.84. The number of ether oxygens (including phenoxy) is 1. The third-order valence-electron chi connectivity index (χ3n) is 2.90. The lowest BCUT2D eigenvalue weighted by atomic mass is 10.2. The first-order chi connectivity index (χ1) is 11.0. The summed E-state index contributed by atoms with van der Waals surface area (Å²) in [6.07, 6.45) is 0. The highest BCUT2D eigenvalue weighted by Gasteiger charge is 2.10. The van der Waals surface area contributed by atoms with Gasteiger partial charge in [-0.1, -0.05) is 25.6 Å². The number of thioether (sulfide) groups is 1. The Morgan fingerprint density at radius 3 is 2.70 bits per heavy atom. The SMILES string of the molecule is CC(C)Cn1c(SCCOc2ccc(F)cc2)nc(O)cc1=O. The van der Waals surface area contributed by atoms with E-state index in [2.05, 4.69) is 4.98 Å². The molecular weight excluding hydrogens is 319 g/mol. The van der Waals surface area contributed by atoms with Crippen LogP contribution >= 0.6 is 11.8 Å². The Morgan fingerprint density at radius 2 is 2.04 bits per heavy atom. The molecule has 1 N–H and O–H groups in total. The van der Waals surface area contributed by atoms with Gasteiger partial charge in [0, 0.05) is 12.3 Å². The number of aromatic nitrogens is 2. The van der Waals surface area contributed by atoms with Gasteiger partial charge in [0.2, 0.25) is 5.88 Å². The average molecular weight is 338 g/mol. The van der Waals surface area contributed by atoms with Crippen molar-refractivity contribution in [2.75, 3.05) is 12.4 Å². The van der Waals surface area contributed by atoms with Crippen molar-refractivity contribution in [3.63, 3.8) is 0 Å². The van der Waals surface area contributed by atoms with Crippen molar-refractivity contribution >= 4 is 11.8 Å². The molecule has 0 aliphatic carbocycles. The van der Waals surface area contributed by atoms with Gasteiger partial charge in [0.15, 0.2) is 5.16 Å². The lowest BCUT2D eigenvalue weighted by molar-refractivity contribution is 0.343. The normalized spacial score (nSPS) is 11.0. The number of halogens is 1. The summed E-state index contributed by atoms with van der Waals surface area (Å²) in [4.78, 5) is 16.0. The van der Waals surface area contributed by atoms with Gasteiger partial charge in [0.1, 0.15) is 11.6 Å². The molecule has 0 saturated heterocycles. The number of hydrogen-bond donors (Lipinski definition) is 1. The van der Waals surface area contributed by atoms with Crippen LogP contribution in [0.3, 0.4) is 0 Å². The van der Waals surface area contributed by atoms with Crippen molar-refractivity contribution in [1.82, 2.24) is 9.55 Å². The predicted octanol–water partition coefficient (Wildman–Crippen LogP) is 2.92. The zero-order chi connectivity index (χ0) is 16.8. The molecule has 5 nitrogen and oxygen atoms in total. The van der Waals surface area contributed by atoms with E-state index in [9.17, 15) is 14.3 Å². The van der Waals surface area contributed by atoms with Crippen LogP contribution in [-0.4, -0.2) is 27.0 Å². The fourth-order valence-corrected chi connectivity index (χ4v) is 2.77. The largest absolute Gasteiger partial charge is 0.493 e. The number of nitrogens with zero attached hydrogens (tertiary/aromatic N) is 2. The molecule has 1 aromatic heterocycles. The van der Waals surface area contributed by atoms with Gasteiger partial charge in [-0.2, -0.15) is 4.98 Å². The monoisotopic (exact) mass is 338 g/mol. The van der Waals surface area contributed by atoms with Crippen LogP contribution in [0.2, 0.25) is 0 Å². The quantitative estimate of drug-likeness (QED) is 0.478. The lowest BCUT2D eigenvalue weighted by Crippen LogP contribution is -2.24. The lowest BCUT2D eigenvalue weighted by Gasteiger charge is -2.13. The van der Waals surface area contributed by atoms with Gasteiger partial charge < -0.3 is 9.84 Å². The molecule has 0 amide bonds. The molecule has 2 aromatic rings. The number of hydrogen-bond acceptors (Lipinski definition) is 5. The summed E-state index contributed by atoms with van der Waals surface area (Å²) in [6.45, 7) is 4.92. The molecule has 1 aromatic carbocycles. The highest BCUT2D eigenvalue weighted by Crippen LogP contribution is 2.18. The van der Waals surface area contributed by atoms with E-state index in [1.807, 2.05) is 13.8 Å². The average Bonchev–Trinajstić information content (AvgIpc) is 2.48. The van der Waals surface area contributed by atoms with Crippen molar-refractivity contribution in [2.45, 2.75) is 25.5 Å². The molecule has 2 rings (SSSR count). The van der Waals surface area contributed by atoms with Crippen molar-refractivity contribution in [2.24, 2.45) is 5.92 Å². The van der Waals surface area contributed by atoms with Crippen LogP contribution in [0, 0.1) is 11.7 Å². The van der Waals surface area contributed by atoms with E-state index in [1.165, 1.54) is 23.9 Å². The van der Waals surface area contributed by atoms with E-state index in [0.29, 0.717) is 29.8 Å². The molecule has 7 heteroatoms. The van der Waals surface area contributed by atoms with E-state index in [1.54, 1.807) is 16.7 Å².